The molecule has 0 aliphatic rings. The number of benzene rings is 2. The van der Waals surface area contributed by atoms with E-state index in [2.05, 4.69) is 15.0 Å². The molecule has 0 unspecified atom stereocenters. The van der Waals surface area contributed by atoms with Crippen LogP contribution in [0.3, 0.4) is 0 Å². The molecule has 2 heterocycles. The standard InChI is InChI=1S/C25H18F5N3O3/c26-19-12-16(6-8-21(19)36-18-7-9-22(31-13-18)25(28,29)30)10-11-34-23-20(27)14-32-24(33-23)35-15-17-4-2-1-3-5-17/h1-9,12-14H,10-11,15H2. The van der Waals surface area contributed by atoms with Gasteiger partial charge in [0.05, 0.1) is 19.0 Å². The summed E-state index contributed by atoms with van der Waals surface area (Å²) in [5.41, 5.74) is 0.318. The van der Waals surface area contributed by atoms with E-state index in [1.807, 2.05) is 30.3 Å². The van der Waals surface area contributed by atoms with E-state index in [9.17, 15) is 22.0 Å². The zero-order chi connectivity index (χ0) is 25.5. The number of nitrogens with zero attached hydrogens (tertiary/aromatic N) is 3. The van der Waals surface area contributed by atoms with Gasteiger partial charge in [-0.2, -0.15) is 22.5 Å². The Morgan fingerprint density at radius 1 is 0.778 bits per heavy atom. The first kappa shape index (κ1) is 24.8. The summed E-state index contributed by atoms with van der Waals surface area (Å²) in [5.74, 6) is -2.06. The fourth-order valence-electron chi connectivity index (χ4n) is 3.01. The van der Waals surface area contributed by atoms with E-state index in [1.165, 1.54) is 12.1 Å². The summed E-state index contributed by atoms with van der Waals surface area (Å²) in [4.78, 5) is 11.0. The number of rotatable bonds is 9. The second kappa shape index (κ2) is 11.0. The summed E-state index contributed by atoms with van der Waals surface area (Å²) in [6.07, 6.45) is -2.58. The van der Waals surface area contributed by atoms with Crippen LogP contribution in [0.5, 0.6) is 23.4 Å². The predicted octanol–water partition coefficient (Wildman–Crippen LogP) is 6.16. The van der Waals surface area contributed by atoms with Gasteiger partial charge in [0, 0.05) is 6.42 Å². The van der Waals surface area contributed by atoms with Gasteiger partial charge in [-0.25, -0.2) is 14.4 Å². The first-order valence-corrected chi connectivity index (χ1v) is 10.6. The SMILES string of the molecule is Fc1cc(CCOc2nc(OCc3ccccc3)ncc2F)ccc1Oc1ccc(C(F)(F)F)nc1. The Hall–Kier alpha value is -4.28. The van der Waals surface area contributed by atoms with Crippen molar-refractivity contribution in [3.8, 4) is 23.4 Å². The van der Waals surface area contributed by atoms with Crippen molar-refractivity contribution < 1.29 is 36.2 Å². The lowest BCUT2D eigenvalue weighted by Gasteiger charge is -2.11. The van der Waals surface area contributed by atoms with E-state index >= 15 is 0 Å². The second-order valence-electron chi connectivity index (χ2n) is 7.42. The smallest absolute Gasteiger partial charge is 0.433 e. The van der Waals surface area contributed by atoms with Crippen LogP contribution in [0.25, 0.3) is 0 Å². The van der Waals surface area contributed by atoms with E-state index in [0.29, 0.717) is 5.56 Å². The molecule has 0 saturated heterocycles. The van der Waals surface area contributed by atoms with Crippen LogP contribution < -0.4 is 14.2 Å². The number of aromatic nitrogens is 3. The molecule has 0 atom stereocenters. The third-order valence-electron chi connectivity index (χ3n) is 4.78. The highest BCUT2D eigenvalue weighted by molar-refractivity contribution is 5.34. The average Bonchev–Trinajstić information content (AvgIpc) is 2.86. The van der Waals surface area contributed by atoms with Crippen molar-refractivity contribution in [3.63, 3.8) is 0 Å². The van der Waals surface area contributed by atoms with Gasteiger partial charge >= 0.3 is 12.2 Å². The van der Waals surface area contributed by atoms with Crippen LogP contribution >= 0.6 is 0 Å². The zero-order valence-electron chi connectivity index (χ0n) is 18.5. The van der Waals surface area contributed by atoms with Crippen LogP contribution in [0.2, 0.25) is 0 Å². The molecule has 0 N–H and O–H groups in total. The topological polar surface area (TPSA) is 66.4 Å². The van der Waals surface area contributed by atoms with Crippen molar-refractivity contribution in [1.82, 2.24) is 15.0 Å². The van der Waals surface area contributed by atoms with Gasteiger partial charge in [0.15, 0.2) is 11.6 Å². The molecule has 2 aromatic carbocycles. The highest BCUT2D eigenvalue weighted by Gasteiger charge is 2.32. The normalized spacial score (nSPS) is 11.2. The minimum atomic E-state index is -4.58. The maximum absolute atomic E-state index is 14.4. The van der Waals surface area contributed by atoms with Crippen molar-refractivity contribution in [3.05, 3.63) is 102 Å². The Kier molecular flexibility index (Phi) is 7.57. The van der Waals surface area contributed by atoms with Gasteiger partial charge in [0.25, 0.3) is 5.88 Å². The molecule has 36 heavy (non-hydrogen) atoms. The van der Waals surface area contributed by atoms with Gasteiger partial charge in [-0.05, 0) is 35.4 Å². The Balaban J connectivity index is 1.31. The Bertz CT molecular complexity index is 1300. The summed E-state index contributed by atoms with van der Waals surface area (Å²) in [5, 5.41) is 0. The maximum atomic E-state index is 14.4. The molecule has 0 spiro atoms. The molecule has 6 nitrogen and oxygen atoms in total. The number of ether oxygens (including phenoxy) is 3. The summed E-state index contributed by atoms with van der Waals surface area (Å²) in [6, 6.07) is 15.1. The molecule has 11 heteroatoms. The first-order valence-electron chi connectivity index (χ1n) is 10.6. The van der Waals surface area contributed by atoms with E-state index < -0.39 is 23.5 Å². The fourth-order valence-corrected chi connectivity index (χ4v) is 3.01. The molecule has 0 aliphatic carbocycles. The minimum Gasteiger partial charge on any atom is -0.475 e. The van der Waals surface area contributed by atoms with Crippen LogP contribution in [-0.2, 0) is 19.2 Å². The zero-order valence-corrected chi connectivity index (χ0v) is 18.5. The molecule has 0 saturated carbocycles. The number of pyridine rings is 1. The van der Waals surface area contributed by atoms with Crippen LogP contribution in [0, 0.1) is 11.6 Å². The predicted molar refractivity (Wildman–Crippen MR) is 118 cm³/mol. The Morgan fingerprint density at radius 2 is 1.58 bits per heavy atom. The van der Waals surface area contributed by atoms with Gasteiger partial charge in [-0.1, -0.05) is 36.4 Å². The van der Waals surface area contributed by atoms with Crippen LogP contribution in [0.1, 0.15) is 16.8 Å². The fraction of sp³-hybridized carbons (Fsp3) is 0.160. The van der Waals surface area contributed by atoms with Gasteiger partial charge in [-0.3, -0.25) is 0 Å². The lowest BCUT2D eigenvalue weighted by molar-refractivity contribution is -0.141. The lowest BCUT2D eigenvalue weighted by atomic mass is 10.1. The summed E-state index contributed by atoms with van der Waals surface area (Å²) < 4.78 is 82.4. The van der Waals surface area contributed by atoms with Gasteiger partial charge in [0.1, 0.15) is 18.1 Å². The van der Waals surface area contributed by atoms with Crippen molar-refractivity contribution >= 4 is 0 Å². The van der Waals surface area contributed by atoms with Gasteiger partial charge in [-0.15, -0.1) is 0 Å². The molecule has 0 aliphatic heterocycles. The van der Waals surface area contributed by atoms with Crippen LogP contribution in [0.4, 0.5) is 22.0 Å². The van der Waals surface area contributed by atoms with Crippen molar-refractivity contribution in [2.75, 3.05) is 6.61 Å². The van der Waals surface area contributed by atoms with Gasteiger partial charge < -0.3 is 14.2 Å². The van der Waals surface area contributed by atoms with Crippen LogP contribution in [0.15, 0.2) is 73.1 Å². The van der Waals surface area contributed by atoms with Crippen molar-refractivity contribution in [2.24, 2.45) is 0 Å². The molecule has 4 rings (SSSR count). The molecule has 0 radical (unpaired) electrons. The highest BCUT2D eigenvalue weighted by atomic mass is 19.4. The highest BCUT2D eigenvalue weighted by Crippen LogP contribution is 2.30. The largest absolute Gasteiger partial charge is 0.475 e. The molecule has 4 aromatic rings. The van der Waals surface area contributed by atoms with Crippen molar-refractivity contribution in [1.29, 1.82) is 0 Å². The Labute approximate surface area is 202 Å². The average molecular weight is 503 g/mol. The number of alkyl halides is 3. The van der Waals surface area contributed by atoms with E-state index in [4.69, 9.17) is 14.2 Å². The maximum Gasteiger partial charge on any atom is 0.433 e. The third-order valence-corrected chi connectivity index (χ3v) is 4.78. The van der Waals surface area contributed by atoms with E-state index in [-0.39, 0.29) is 43.0 Å². The molecule has 0 fully saturated rings. The van der Waals surface area contributed by atoms with Crippen LogP contribution in [-0.4, -0.2) is 21.6 Å². The summed E-state index contributed by atoms with van der Waals surface area (Å²) in [7, 11) is 0. The Morgan fingerprint density at radius 3 is 2.28 bits per heavy atom. The minimum absolute atomic E-state index is 0.0193. The monoisotopic (exact) mass is 503 g/mol. The van der Waals surface area contributed by atoms with Gasteiger partial charge in [0.2, 0.25) is 5.82 Å². The van der Waals surface area contributed by atoms with Crippen molar-refractivity contribution in [2.45, 2.75) is 19.2 Å². The summed E-state index contributed by atoms with van der Waals surface area (Å²) in [6.45, 7) is 0.177. The molecule has 2 aromatic heterocycles. The number of halogens is 5. The quantitative estimate of drug-likeness (QED) is 0.255. The number of hydrogen-bond donors (Lipinski definition) is 0. The molecular weight excluding hydrogens is 485 g/mol. The lowest BCUT2D eigenvalue weighted by Crippen LogP contribution is -2.07. The molecular formula is C25H18F5N3O3. The summed E-state index contributed by atoms with van der Waals surface area (Å²) >= 11 is 0. The second-order valence-corrected chi connectivity index (χ2v) is 7.42. The van der Waals surface area contributed by atoms with E-state index in [0.717, 1.165) is 30.1 Å². The molecule has 0 amide bonds. The third kappa shape index (κ3) is 6.65. The molecule has 0 bridgehead atoms. The van der Waals surface area contributed by atoms with E-state index in [1.54, 1.807) is 6.07 Å². The first-order chi connectivity index (χ1) is 17.3. The number of hydrogen-bond acceptors (Lipinski definition) is 6. The molecule has 186 valence electrons.